The highest BCUT2D eigenvalue weighted by Gasteiger charge is 2.11. The van der Waals surface area contributed by atoms with Crippen LogP contribution in [0.4, 0.5) is 11.4 Å². The zero-order valence-corrected chi connectivity index (χ0v) is 11.0. The summed E-state index contributed by atoms with van der Waals surface area (Å²) in [5.74, 6) is -0.225. The molecule has 0 bridgehead atoms. The summed E-state index contributed by atoms with van der Waals surface area (Å²) in [6.45, 7) is 1.68. The van der Waals surface area contributed by atoms with E-state index >= 15 is 0 Å². The van der Waals surface area contributed by atoms with Gasteiger partial charge in [0.05, 0.1) is 10.7 Å². The van der Waals surface area contributed by atoms with E-state index < -0.39 is 0 Å². The molecule has 0 unspecified atom stereocenters. The van der Waals surface area contributed by atoms with E-state index in [-0.39, 0.29) is 11.7 Å². The Balaban J connectivity index is 2.26. The number of nitrogens with one attached hydrogen (secondary N) is 1. The molecule has 5 heteroatoms. The molecule has 4 N–H and O–H groups in total. The van der Waals surface area contributed by atoms with Crippen LogP contribution in [0.25, 0.3) is 0 Å². The Morgan fingerprint density at radius 3 is 2.74 bits per heavy atom. The Hall–Kier alpha value is -2.20. The van der Waals surface area contributed by atoms with Crippen molar-refractivity contribution in [3.8, 4) is 5.75 Å². The van der Waals surface area contributed by atoms with Gasteiger partial charge in [-0.1, -0.05) is 17.7 Å². The molecule has 0 saturated carbocycles. The summed E-state index contributed by atoms with van der Waals surface area (Å²) in [6.07, 6.45) is 0. The van der Waals surface area contributed by atoms with Gasteiger partial charge in [-0.15, -0.1) is 0 Å². The minimum Gasteiger partial charge on any atom is -0.508 e. The maximum atomic E-state index is 12.1. The Morgan fingerprint density at radius 2 is 2.05 bits per heavy atom. The monoisotopic (exact) mass is 276 g/mol. The van der Waals surface area contributed by atoms with Crippen LogP contribution in [0.5, 0.6) is 5.75 Å². The molecular weight excluding hydrogens is 264 g/mol. The van der Waals surface area contributed by atoms with Crippen LogP contribution < -0.4 is 11.1 Å². The summed E-state index contributed by atoms with van der Waals surface area (Å²) in [5, 5.41) is 12.7. The van der Waals surface area contributed by atoms with Gasteiger partial charge in [0.15, 0.2) is 0 Å². The standard InChI is InChI=1S/C14H13ClN2O2/c1-8-10(3-2-4-13(8)18)14(19)17-9-5-6-12(16)11(15)7-9/h2-7,18H,16H2,1H3,(H,17,19). The summed E-state index contributed by atoms with van der Waals surface area (Å²) < 4.78 is 0. The molecule has 0 saturated heterocycles. The van der Waals surface area contributed by atoms with E-state index in [1.54, 1.807) is 37.3 Å². The van der Waals surface area contributed by atoms with Crippen LogP contribution in [0, 0.1) is 6.92 Å². The number of carbonyl (C=O) groups is 1. The smallest absolute Gasteiger partial charge is 0.256 e. The molecule has 2 aromatic carbocycles. The zero-order chi connectivity index (χ0) is 14.0. The van der Waals surface area contributed by atoms with Crippen molar-refractivity contribution in [2.24, 2.45) is 0 Å². The number of anilines is 2. The van der Waals surface area contributed by atoms with Crippen molar-refractivity contribution in [3.05, 3.63) is 52.5 Å². The summed E-state index contributed by atoms with van der Waals surface area (Å²) in [4.78, 5) is 12.1. The molecule has 0 atom stereocenters. The van der Waals surface area contributed by atoms with Crippen molar-refractivity contribution in [2.45, 2.75) is 6.92 Å². The third kappa shape index (κ3) is 2.80. The predicted molar refractivity (Wildman–Crippen MR) is 76.7 cm³/mol. The molecule has 0 aliphatic carbocycles. The van der Waals surface area contributed by atoms with Gasteiger partial charge in [0, 0.05) is 16.8 Å². The van der Waals surface area contributed by atoms with Gasteiger partial charge in [-0.25, -0.2) is 0 Å². The highest BCUT2D eigenvalue weighted by Crippen LogP contribution is 2.24. The largest absolute Gasteiger partial charge is 0.508 e. The van der Waals surface area contributed by atoms with Gasteiger partial charge in [-0.05, 0) is 37.3 Å². The summed E-state index contributed by atoms with van der Waals surface area (Å²) >= 11 is 5.88. The topological polar surface area (TPSA) is 75.3 Å². The van der Waals surface area contributed by atoms with Crippen molar-refractivity contribution in [2.75, 3.05) is 11.1 Å². The minimum absolute atomic E-state index is 0.0861. The van der Waals surface area contributed by atoms with E-state index in [4.69, 9.17) is 17.3 Å². The second kappa shape index (κ2) is 5.20. The number of aromatic hydroxyl groups is 1. The van der Waals surface area contributed by atoms with Crippen LogP contribution in [0.3, 0.4) is 0 Å². The van der Waals surface area contributed by atoms with Gasteiger partial charge in [-0.2, -0.15) is 0 Å². The number of phenolic OH excluding ortho intramolecular Hbond substituents is 1. The molecule has 2 rings (SSSR count). The van der Waals surface area contributed by atoms with Crippen molar-refractivity contribution >= 4 is 28.9 Å². The molecule has 1 amide bonds. The molecule has 0 aliphatic heterocycles. The van der Waals surface area contributed by atoms with E-state index in [0.29, 0.717) is 27.5 Å². The number of hydrogen-bond donors (Lipinski definition) is 3. The average Bonchev–Trinajstić information content (AvgIpc) is 2.37. The maximum Gasteiger partial charge on any atom is 0.256 e. The zero-order valence-electron chi connectivity index (χ0n) is 10.3. The first kappa shape index (κ1) is 13.2. The fourth-order valence-corrected chi connectivity index (χ4v) is 1.85. The highest BCUT2D eigenvalue weighted by molar-refractivity contribution is 6.33. The minimum atomic E-state index is -0.311. The lowest BCUT2D eigenvalue weighted by Crippen LogP contribution is -2.13. The third-order valence-corrected chi connectivity index (χ3v) is 3.14. The number of phenols is 1. The summed E-state index contributed by atoms with van der Waals surface area (Å²) in [6, 6.07) is 9.65. The van der Waals surface area contributed by atoms with Crippen LogP contribution in [-0.4, -0.2) is 11.0 Å². The van der Waals surface area contributed by atoms with Crippen molar-refractivity contribution < 1.29 is 9.90 Å². The molecule has 0 aliphatic rings. The summed E-state index contributed by atoms with van der Waals surface area (Å²) in [5.41, 5.74) is 7.54. The lowest BCUT2D eigenvalue weighted by molar-refractivity contribution is 0.102. The Labute approximate surface area is 115 Å². The predicted octanol–water partition coefficient (Wildman–Crippen LogP) is 3.19. The van der Waals surface area contributed by atoms with Gasteiger partial charge in [0.1, 0.15) is 5.75 Å². The number of halogens is 1. The van der Waals surface area contributed by atoms with Gasteiger partial charge in [0.2, 0.25) is 0 Å². The first-order chi connectivity index (χ1) is 8.99. The van der Waals surface area contributed by atoms with E-state index in [0.717, 1.165) is 0 Å². The van der Waals surface area contributed by atoms with E-state index in [9.17, 15) is 9.90 Å². The van der Waals surface area contributed by atoms with E-state index in [2.05, 4.69) is 5.32 Å². The van der Waals surface area contributed by atoms with E-state index in [1.165, 1.54) is 6.07 Å². The number of nitrogens with two attached hydrogens (primary N) is 1. The fraction of sp³-hybridized carbons (Fsp3) is 0.0714. The van der Waals surface area contributed by atoms with Crippen molar-refractivity contribution in [3.63, 3.8) is 0 Å². The molecule has 4 nitrogen and oxygen atoms in total. The molecule has 0 spiro atoms. The third-order valence-electron chi connectivity index (χ3n) is 2.81. The number of rotatable bonds is 2. The number of carbonyl (C=O) groups excluding carboxylic acids is 1. The Bertz CT molecular complexity index is 641. The number of hydrogen-bond acceptors (Lipinski definition) is 3. The average molecular weight is 277 g/mol. The Kier molecular flexibility index (Phi) is 3.62. The summed E-state index contributed by atoms with van der Waals surface area (Å²) in [7, 11) is 0. The molecule has 0 fully saturated rings. The van der Waals surface area contributed by atoms with Crippen LogP contribution in [-0.2, 0) is 0 Å². The molecule has 0 heterocycles. The second-order valence-corrected chi connectivity index (χ2v) is 4.55. The van der Waals surface area contributed by atoms with Crippen LogP contribution in [0.2, 0.25) is 5.02 Å². The Morgan fingerprint density at radius 1 is 1.32 bits per heavy atom. The number of benzene rings is 2. The molecule has 98 valence electrons. The van der Waals surface area contributed by atoms with Crippen molar-refractivity contribution in [1.82, 2.24) is 0 Å². The van der Waals surface area contributed by atoms with Gasteiger partial charge in [0.25, 0.3) is 5.91 Å². The van der Waals surface area contributed by atoms with Crippen molar-refractivity contribution in [1.29, 1.82) is 0 Å². The van der Waals surface area contributed by atoms with Crippen LogP contribution in [0.15, 0.2) is 36.4 Å². The normalized spacial score (nSPS) is 10.2. The quantitative estimate of drug-likeness (QED) is 0.737. The van der Waals surface area contributed by atoms with Crippen LogP contribution >= 0.6 is 11.6 Å². The first-order valence-corrected chi connectivity index (χ1v) is 6.02. The van der Waals surface area contributed by atoms with Gasteiger partial charge >= 0.3 is 0 Å². The molecule has 2 aromatic rings. The maximum absolute atomic E-state index is 12.1. The first-order valence-electron chi connectivity index (χ1n) is 5.64. The SMILES string of the molecule is Cc1c(O)cccc1C(=O)Nc1ccc(N)c(Cl)c1. The number of nitrogen functional groups attached to an aromatic ring is 1. The van der Waals surface area contributed by atoms with Gasteiger partial charge in [-0.3, -0.25) is 4.79 Å². The van der Waals surface area contributed by atoms with Gasteiger partial charge < -0.3 is 16.2 Å². The second-order valence-electron chi connectivity index (χ2n) is 4.14. The molecule has 19 heavy (non-hydrogen) atoms. The fourth-order valence-electron chi connectivity index (χ4n) is 1.67. The molecular formula is C14H13ClN2O2. The number of amides is 1. The molecule has 0 aromatic heterocycles. The lowest BCUT2D eigenvalue weighted by atomic mass is 10.1. The van der Waals surface area contributed by atoms with E-state index in [1.807, 2.05) is 0 Å². The lowest BCUT2D eigenvalue weighted by Gasteiger charge is -2.09. The van der Waals surface area contributed by atoms with Crippen LogP contribution in [0.1, 0.15) is 15.9 Å². The molecule has 0 radical (unpaired) electrons. The highest BCUT2D eigenvalue weighted by atomic mass is 35.5.